The first-order chi connectivity index (χ1) is 9.56. The molecule has 4 N–H and O–H groups in total. The van der Waals surface area contributed by atoms with Gasteiger partial charge in [-0.3, -0.25) is 4.79 Å². The van der Waals surface area contributed by atoms with Gasteiger partial charge in [0.25, 0.3) is 0 Å². The summed E-state index contributed by atoms with van der Waals surface area (Å²) in [5.74, 6) is 1.21. The number of imidazole rings is 1. The van der Waals surface area contributed by atoms with Gasteiger partial charge in [0.2, 0.25) is 5.91 Å². The molecule has 0 aliphatic heterocycles. The minimum absolute atomic E-state index is 0. The fourth-order valence-corrected chi connectivity index (χ4v) is 2.17. The van der Waals surface area contributed by atoms with E-state index in [9.17, 15) is 4.79 Å². The van der Waals surface area contributed by atoms with Gasteiger partial charge >= 0.3 is 0 Å². The first kappa shape index (κ1) is 20.7. The maximum absolute atomic E-state index is 11.8. The maximum atomic E-state index is 11.8. The smallest absolute Gasteiger partial charge is 0.236 e. The molecule has 7 heteroatoms. The Morgan fingerprint density at radius 3 is 2.64 bits per heavy atom. The number of hydrogen-bond acceptors (Lipinski definition) is 3. The fourth-order valence-electron chi connectivity index (χ4n) is 2.17. The van der Waals surface area contributed by atoms with Crippen LogP contribution in [0, 0.1) is 5.92 Å². The van der Waals surface area contributed by atoms with Gasteiger partial charge in [-0.05, 0) is 24.5 Å². The van der Waals surface area contributed by atoms with Gasteiger partial charge < -0.3 is 16.0 Å². The van der Waals surface area contributed by atoms with Crippen molar-refractivity contribution in [1.82, 2.24) is 15.3 Å². The Balaban J connectivity index is 0.00000220. The number of nitrogens with one attached hydrogen (secondary N) is 2. The molecule has 1 heterocycles. The largest absolute Gasteiger partial charge is 0.354 e. The van der Waals surface area contributed by atoms with Crippen LogP contribution in [0.2, 0.25) is 0 Å². The standard InChI is InChI=1S/C15H22N4O.2ClH/c1-10(2)9-11(16)15(20)17-8-7-14-18-12-5-3-4-6-13(12)19-14;;/h3-6,10-11H,7-9,16H2,1-2H3,(H,17,20)(H,18,19);2*1H/t11-;;/m0../s1. The molecule has 0 fully saturated rings. The van der Waals surface area contributed by atoms with Crippen LogP contribution < -0.4 is 11.1 Å². The van der Waals surface area contributed by atoms with Crippen molar-refractivity contribution in [1.29, 1.82) is 0 Å². The third-order valence-electron chi connectivity index (χ3n) is 3.16. The summed E-state index contributed by atoms with van der Waals surface area (Å²) in [7, 11) is 0. The van der Waals surface area contributed by atoms with E-state index in [1.165, 1.54) is 0 Å². The van der Waals surface area contributed by atoms with Crippen molar-refractivity contribution in [2.75, 3.05) is 6.54 Å². The topological polar surface area (TPSA) is 83.8 Å². The molecule has 1 aromatic carbocycles. The molecule has 0 bridgehead atoms. The Morgan fingerprint density at radius 2 is 2.00 bits per heavy atom. The Morgan fingerprint density at radius 1 is 1.32 bits per heavy atom. The van der Waals surface area contributed by atoms with Gasteiger partial charge in [0.15, 0.2) is 0 Å². The molecule has 2 rings (SSSR count). The number of H-pyrrole nitrogens is 1. The zero-order chi connectivity index (χ0) is 14.5. The summed E-state index contributed by atoms with van der Waals surface area (Å²) in [4.78, 5) is 19.5. The van der Waals surface area contributed by atoms with Crippen molar-refractivity contribution in [2.24, 2.45) is 11.7 Å². The molecule has 0 saturated heterocycles. The lowest BCUT2D eigenvalue weighted by molar-refractivity contribution is -0.122. The second-order valence-electron chi connectivity index (χ2n) is 5.48. The number of halogens is 2. The first-order valence-electron chi connectivity index (χ1n) is 7.03. The van der Waals surface area contributed by atoms with Crippen molar-refractivity contribution in [3.63, 3.8) is 0 Å². The molecule has 1 aromatic heterocycles. The third-order valence-corrected chi connectivity index (χ3v) is 3.16. The van der Waals surface area contributed by atoms with Crippen molar-refractivity contribution in [3.8, 4) is 0 Å². The minimum atomic E-state index is -0.425. The molecule has 1 amide bonds. The summed E-state index contributed by atoms with van der Waals surface area (Å²) in [6.07, 6.45) is 1.38. The lowest BCUT2D eigenvalue weighted by Crippen LogP contribution is -2.42. The lowest BCUT2D eigenvalue weighted by atomic mass is 10.0. The average molecular weight is 347 g/mol. The maximum Gasteiger partial charge on any atom is 0.236 e. The Labute approximate surface area is 143 Å². The molecule has 0 aliphatic carbocycles. The first-order valence-corrected chi connectivity index (χ1v) is 7.03. The number of rotatable bonds is 6. The third kappa shape index (κ3) is 5.83. The highest BCUT2D eigenvalue weighted by molar-refractivity contribution is 5.85. The summed E-state index contributed by atoms with van der Waals surface area (Å²) in [5, 5.41) is 2.86. The van der Waals surface area contributed by atoms with Crippen molar-refractivity contribution < 1.29 is 4.79 Å². The molecular formula is C15H24Cl2N4O. The summed E-state index contributed by atoms with van der Waals surface area (Å²) >= 11 is 0. The van der Waals surface area contributed by atoms with E-state index in [2.05, 4.69) is 29.1 Å². The molecule has 5 nitrogen and oxygen atoms in total. The second kappa shape index (κ2) is 9.66. The van der Waals surface area contributed by atoms with Crippen LogP contribution >= 0.6 is 24.8 Å². The molecule has 2 aromatic rings. The number of aromatic amines is 1. The van der Waals surface area contributed by atoms with Crippen LogP contribution in [0.4, 0.5) is 0 Å². The Bertz CT molecular complexity index is 553. The number of benzene rings is 1. The Kier molecular flexibility index (Phi) is 9.09. The van der Waals surface area contributed by atoms with Crippen LogP contribution in [0.3, 0.4) is 0 Å². The highest BCUT2D eigenvalue weighted by atomic mass is 35.5. The second-order valence-corrected chi connectivity index (χ2v) is 5.48. The van der Waals surface area contributed by atoms with Crippen LogP contribution in [-0.4, -0.2) is 28.5 Å². The number of hydrogen-bond donors (Lipinski definition) is 3. The molecule has 22 heavy (non-hydrogen) atoms. The van der Waals surface area contributed by atoms with Gasteiger partial charge in [0.05, 0.1) is 17.1 Å². The molecule has 1 atom stereocenters. The van der Waals surface area contributed by atoms with Crippen LogP contribution in [0.15, 0.2) is 24.3 Å². The van der Waals surface area contributed by atoms with E-state index in [-0.39, 0.29) is 30.7 Å². The monoisotopic (exact) mass is 346 g/mol. The van der Waals surface area contributed by atoms with E-state index in [0.29, 0.717) is 25.3 Å². The fraction of sp³-hybridized carbons (Fsp3) is 0.467. The van der Waals surface area contributed by atoms with E-state index in [1.807, 2.05) is 24.3 Å². The van der Waals surface area contributed by atoms with E-state index in [0.717, 1.165) is 16.9 Å². The number of nitrogens with zero attached hydrogens (tertiary/aromatic N) is 1. The summed E-state index contributed by atoms with van der Waals surface area (Å²) < 4.78 is 0. The number of amides is 1. The molecule has 0 aliphatic rings. The zero-order valence-corrected chi connectivity index (χ0v) is 14.5. The highest BCUT2D eigenvalue weighted by Crippen LogP contribution is 2.10. The molecule has 124 valence electrons. The predicted octanol–water partition coefficient (Wildman–Crippen LogP) is 2.44. The number of para-hydroxylation sites is 2. The van der Waals surface area contributed by atoms with Crippen LogP contribution in [0.25, 0.3) is 11.0 Å². The molecule has 0 saturated carbocycles. The van der Waals surface area contributed by atoms with Gasteiger partial charge in [-0.25, -0.2) is 4.98 Å². The number of carbonyl (C=O) groups is 1. The number of carbonyl (C=O) groups excluding carboxylic acids is 1. The normalized spacial score (nSPS) is 11.6. The van der Waals surface area contributed by atoms with Crippen molar-refractivity contribution in [2.45, 2.75) is 32.7 Å². The van der Waals surface area contributed by atoms with Gasteiger partial charge in [-0.15, -0.1) is 24.8 Å². The minimum Gasteiger partial charge on any atom is -0.354 e. The molecule has 0 radical (unpaired) electrons. The van der Waals surface area contributed by atoms with Gasteiger partial charge in [-0.2, -0.15) is 0 Å². The molecule has 0 unspecified atom stereocenters. The van der Waals surface area contributed by atoms with Crippen molar-refractivity contribution >= 4 is 41.8 Å². The summed E-state index contributed by atoms with van der Waals surface area (Å²) in [5.41, 5.74) is 7.79. The average Bonchev–Trinajstić information content (AvgIpc) is 2.80. The van der Waals surface area contributed by atoms with Crippen LogP contribution in [0.1, 0.15) is 26.1 Å². The highest BCUT2D eigenvalue weighted by Gasteiger charge is 2.14. The van der Waals surface area contributed by atoms with E-state index < -0.39 is 6.04 Å². The van der Waals surface area contributed by atoms with E-state index in [4.69, 9.17) is 5.73 Å². The SMILES string of the molecule is CC(C)C[C@H](N)C(=O)NCCc1nc2ccccc2[nH]1.Cl.Cl. The van der Waals surface area contributed by atoms with Gasteiger partial charge in [0.1, 0.15) is 5.82 Å². The van der Waals surface area contributed by atoms with E-state index in [1.54, 1.807) is 0 Å². The predicted molar refractivity (Wildman–Crippen MR) is 94.7 cm³/mol. The summed E-state index contributed by atoms with van der Waals surface area (Å²) in [6.45, 7) is 4.66. The van der Waals surface area contributed by atoms with Crippen LogP contribution in [-0.2, 0) is 11.2 Å². The van der Waals surface area contributed by atoms with Gasteiger partial charge in [-0.1, -0.05) is 26.0 Å². The number of fused-ring (bicyclic) bond motifs is 1. The molecule has 0 spiro atoms. The van der Waals surface area contributed by atoms with Crippen molar-refractivity contribution in [3.05, 3.63) is 30.1 Å². The van der Waals surface area contributed by atoms with Gasteiger partial charge in [0, 0.05) is 13.0 Å². The Hall–Kier alpha value is -1.30. The number of nitrogens with two attached hydrogens (primary N) is 1. The van der Waals surface area contributed by atoms with Crippen LogP contribution in [0.5, 0.6) is 0 Å². The lowest BCUT2D eigenvalue weighted by Gasteiger charge is -2.13. The molecular weight excluding hydrogens is 323 g/mol. The zero-order valence-electron chi connectivity index (χ0n) is 12.8. The number of aromatic nitrogens is 2. The van der Waals surface area contributed by atoms with E-state index >= 15 is 0 Å². The summed E-state index contributed by atoms with van der Waals surface area (Å²) in [6, 6.07) is 7.46. The quantitative estimate of drug-likeness (QED) is 0.750.